The van der Waals surface area contributed by atoms with Gasteiger partial charge in [-0.05, 0) is 76.4 Å². The molecule has 0 aliphatic heterocycles. The average Bonchev–Trinajstić information content (AvgIpc) is 3.15. The number of ether oxygens (including phenoxy) is 1. The highest BCUT2D eigenvalue weighted by atomic mass is 19.2. The van der Waals surface area contributed by atoms with E-state index in [-0.39, 0.29) is 6.54 Å². The maximum atomic E-state index is 13.8. The van der Waals surface area contributed by atoms with E-state index in [1.54, 1.807) is 6.92 Å². The number of hydrogen-bond acceptors (Lipinski definition) is 3. The molecule has 4 aromatic rings. The second kappa shape index (κ2) is 9.47. The Labute approximate surface area is 209 Å². The number of halogens is 2. The molecule has 0 amide bonds. The number of aryl methyl sites for hydroxylation is 3. The quantitative estimate of drug-likeness (QED) is 0.318. The minimum atomic E-state index is -1.23. The Morgan fingerprint density at radius 2 is 1.78 bits per heavy atom. The number of nitrogens with zero attached hydrogens (tertiary/aromatic N) is 2. The van der Waals surface area contributed by atoms with E-state index >= 15 is 0 Å². The molecule has 2 aromatic heterocycles. The van der Waals surface area contributed by atoms with Crippen LogP contribution in [0.2, 0.25) is 0 Å². The van der Waals surface area contributed by atoms with E-state index in [2.05, 4.69) is 6.07 Å². The summed E-state index contributed by atoms with van der Waals surface area (Å²) in [5, 5.41) is 11.0. The third-order valence-corrected chi connectivity index (χ3v) is 6.08. The van der Waals surface area contributed by atoms with Crippen molar-refractivity contribution < 1.29 is 23.4 Å². The summed E-state index contributed by atoms with van der Waals surface area (Å²) < 4.78 is 35.2. The van der Waals surface area contributed by atoms with Crippen LogP contribution in [0.3, 0.4) is 0 Å². The van der Waals surface area contributed by atoms with Gasteiger partial charge in [-0.2, -0.15) is 0 Å². The molecule has 0 radical (unpaired) electrons. The first-order chi connectivity index (χ1) is 16.9. The van der Waals surface area contributed by atoms with Crippen molar-refractivity contribution in [1.82, 2.24) is 9.55 Å². The maximum absolute atomic E-state index is 13.8. The van der Waals surface area contributed by atoms with Gasteiger partial charge in [-0.15, -0.1) is 0 Å². The summed E-state index contributed by atoms with van der Waals surface area (Å²) in [5.41, 5.74) is 5.26. The molecule has 36 heavy (non-hydrogen) atoms. The number of carbonyl (C=O) groups is 1. The van der Waals surface area contributed by atoms with Crippen LogP contribution in [0.1, 0.15) is 54.8 Å². The topological polar surface area (TPSA) is 64.3 Å². The van der Waals surface area contributed by atoms with Gasteiger partial charge in [0.1, 0.15) is 5.65 Å². The van der Waals surface area contributed by atoms with Crippen molar-refractivity contribution in [3.63, 3.8) is 0 Å². The van der Waals surface area contributed by atoms with Crippen LogP contribution >= 0.6 is 0 Å². The van der Waals surface area contributed by atoms with Gasteiger partial charge in [-0.25, -0.2) is 18.6 Å². The van der Waals surface area contributed by atoms with Crippen molar-refractivity contribution in [2.75, 3.05) is 0 Å². The summed E-state index contributed by atoms with van der Waals surface area (Å²) in [6.07, 6.45) is 0.599. The Balaban J connectivity index is 1.99. The van der Waals surface area contributed by atoms with Crippen LogP contribution in [0.4, 0.5) is 8.78 Å². The first-order valence-corrected chi connectivity index (χ1v) is 11.8. The predicted octanol–water partition coefficient (Wildman–Crippen LogP) is 6.90. The average molecular weight is 493 g/mol. The highest BCUT2D eigenvalue weighted by Gasteiger charge is 2.33. The van der Waals surface area contributed by atoms with Crippen LogP contribution in [-0.4, -0.2) is 26.2 Å². The molecule has 0 aliphatic rings. The molecule has 0 bridgehead atoms. The van der Waals surface area contributed by atoms with Crippen molar-refractivity contribution in [1.29, 1.82) is 0 Å². The van der Waals surface area contributed by atoms with Gasteiger partial charge in [0.25, 0.3) is 0 Å². The summed E-state index contributed by atoms with van der Waals surface area (Å²) in [4.78, 5) is 17.3. The zero-order valence-electron chi connectivity index (χ0n) is 21.3. The summed E-state index contributed by atoms with van der Waals surface area (Å²) in [5.74, 6) is -2.90. The van der Waals surface area contributed by atoms with Gasteiger partial charge in [0, 0.05) is 34.9 Å². The van der Waals surface area contributed by atoms with Crippen molar-refractivity contribution in [3.05, 3.63) is 88.2 Å². The highest BCUT2D eigenvalue weighted by Crippen LogP contribution is 2.41. The molecule has 1 atom stereocenters. The fraction of sp³-hybridized carbons (Fsp3) is 0.310. The molecule has 0 saturated heterocycles. The number of aliphatic carboxylic acids is 1. The molecular weight excluding hydrogens is 462 g/mol. The molecule has 2 aromatic carbocycles. The minimum absolute atomic E-state index is 0.277. The Hall–Kier alpha value is -3.58. The first-order valence-electron chi connectivity index (χ1n) is 11.8. The van der Waals surface area contributed by atoms with E-state index in [1.165, 1.54) is 12.1 Å². The number of pyridine rings is 1. The lowest BCUT2D eigenvalue weighted by Gasteiger charge is -2.28. The summed E-state index contributed by atoms with van der Waals surface area (Å²) in [7, 11) is 0. The number of rotatable bonds is 6. The SMILES string of the molecule is Cc1ccc(-c2c(C(OC(C)(C)C)C(=O)O)c(C)nc3c2ccn3Cc2ccc(F)c(F)c2)c(C)c1. The van der Waals surface area contributed by atoms with Crippen LogP contribution in [0, 0.1) is 32.4 Å². The normalized spacial score (nSPS) is 12.8. The first kappa shape index (κ1) is 25.5. The van der Waals surface area contributed by atoms with Crippen LogP contribution in [0.15, 0.2) is 48.7 Å². The van der Waals surface area contributed by atoms with Gasteiger partial charge < -0.3 is 14.4 Å². The number of carboxylic acids is 1. The van der Waals surface area contributed by atoms with Crippen LogP contribution in [0.5, 0.6) is 0 Å². The standard InChI is InChI=1S/C29H30F2N2O3/c1-16-7-9-20(17(2)13-16)25-21-11-12-33(15-19-8-10-22(30)23(31)14-19)27(21)32-18(3)24(25)26(28(34)35)36-29(4,5)6/h7-14,26H,15H2,1-6H3,(H,34,35). The lowest BCUT2D eigenvalue weighted by Crippen LogP contribution is -2.28. The van der Waals surface area contributed by atoms with E-state index in [9.17, 15) is 18.7 Å². The fourth-order valence-electron chi connectivity index (χ4n) is 4.58. The number of carboxylic acid groups (broad SMARTS) is 1. The Morgan fingerprint density at radius 1 is 1.06 bits per heavy atom. The smallest absolute Gasteiger partial charge is 0.337 e. The lowest BCUT2D eigenvalue weighted by molar-refractivity contribution is -0.160. The Morgan fingerprint density at radius 3 is 2.39 bits per heavy atom. The zero-order valence-corrected chi connectivity index (χ0v) is 21.3. The van der Waals surface area contributed by atoms with Crippen LogP contribution < -0.4 is 0 Å². The number of benzene rings is 2. The molecule has 1 unspecified atom stereocenters. The monoisotopic (exact) mass is 492 g/mol. The van der Waals surface area contributed by atoms with E-state index in [1.807, 2.05) is 63.6 Å². The van der Waals surface area contributed by atoms with E-state index in [0.29, 0.717) is 22.5 Å². The zero-order chi connectivity index (χ0) is 26.4. The van der Waals surface area contributed by atoms with Crippen molar-refractivity contribution in [2.24, 2.45) is 0 Å². The third-order valence-electron chi connectivity index (χ3n) is 6.08. The summed E-state index contributed by atoms with van der Waals surface area (Å²) in [6, 6.07) is 11.7. The second-order valence-corrected chi connectivity index (χ2v) is 10.2. The molecule has 4 rings (SSSR count). The van der Waals surface area contributed by atoms with Gasteiger partial charge in [0.2, 0.25) is 0 Å². The van der Waals surface area contributed by atoms with Gasteiger partial charge in [-0.1, -0.05) is 29.8 Å². The Kier molecular flexibility index (Phi) is 6.71. The number of aromatic nitrogens is 2. The highest BCUT2D eigenvalue weighted by molar-refractivity contribution is 5.98. The van der Waals surface area contributed by atoms with E-state index in [0.717, 1.165) is 33.7 Å². The van der Waals surface area contributed by atoms with Gasteiger partial charge in [-0.3, -0.25) is 0 Å². The second-order valence-electron chi connectivity index (χ2n) is 10.2. The Bertz CT molecular complexity index is 1470. The molecule has 0 aliphatic carbocycles. The fourth-order valence-corrected chi connectivity index (χ4v) is 4.58. The molecule has 7 heteroatoms. The molecule has 1 N–H and O–H groups in total. The van der Waals surface area contributed by atoms with Crippen LogP contribution in [-0.2, 0) is 16.1 Å². The summed E-state index contributed by atoms with van der Waals surface area (Å²) in [6.45, 7) is 11.5. The van der Waals surface area contributed by atoms with Crippen LogP contribution in [0.25, 0.3) is 22.2 Å². The summed E-state index contributed by atoms with van der Waals surface area (Å²) >= 11 is 0. The van der Waals surface area contributed by atoms with Crippen molar-refractivity contribution in [3.8, 4) is 11.1 Å². The number of hydrogen-bond donors (Lipinski definition) is 1. The van der Waals surface area contributed by atoms with Gasteiger partial charge >= 0.3 is 5.97 Å². The predicted molar refractivity (Wildman–Crippen MR) is 136 cm³/mol. The van der Waals surface area contributed by atoms with E-state index in [4.69, 9.17) is 9.72 Å². The molecule has 0 fully saturated rings. The largest absolute Gasteiger partial charge is 0.479 e. The molecular formula is C29H30F2N2O3. The van der Waals surface area contributed by atoms with E-state index < -0.39 is 29.3 Å². The minimum Gasteiger partial charge on any atom is -0.479 e. The van der Waals surface area contributed by atoms with Crippen molar-refractivity contribution in [2.45, 2.75) is 59.8 Å². The molecule has 0 saturated carbocycles. The van der Waals surface area contributed by atoms with Gasteiger partial charge in [0.15, 0.2) is 17.7 Å². The maximum Gasteiger partial charge on any atom is 0.337 e. The molecule has 5 nitrogen and oxygen atoms in total. The molecule has 0 spiro atoms. The van der Waals surface area contributed by atoms with Crippen molar-refractivity contribution >= 4 is 17.0 Å². The number of fused-ring (bicyclic) bond motifs is 1. The van der Waals surface area contributed by atoms with Gasteiger partial charge in [0.05, 0.1) is 5.60 Å². The third kappa shape index (κ3) is 5.02. The molecule has 188 valence electrons. The molecule has 2 heterocycles. The lowest BCUT2D eigenvalue weighted by atomic mass is 9.89.